The number of carbonyl (C=O) groups is 1. The molecule has 0 amide bonds. The lowest BCUT2D eigenvalue weighted by Crippen LogP contribution is -2.46. The maximum absolute atomic E-state index is 12.0. The lowest BCUT2D eigenvalue weighted by Gasteiger charge is -2.35. The van der Waals surface area contributed by atoms with Crippen LogP contribution in [-0.4, -0.2) is 39.4 Å². The van der Waals surface area contributed by atoms with Crippen molar-refractivity contribution in [2.45, 2.75) is 32.6 Å². The highest BCUT2D eigenvalue weighted by molar-refractivity contribution is 5.85. The maximum Gasteiger partial charge on any atom is 0.313 e. The molecule has 0 aromatic rings. The molecule has 1 fully saturated rings. The summed E-state index contributed by atoms with van der Waals surface area (Å²) in [7, 11) is 1.69. The highest BCUT2D eigenvalue weighted by atomic mass is 35.5. The van der Waals surface area contributed by atoms with Gasteiger partial charge in [0.2, 0.25) is 0 Å². The van der Waals surface area contributed by atoms with Crippen LogP contribution in [0, 0.1) is 5.41 Å². The van der Waals surface area contributed by atoms with E-state index in [1.54, 1.807) is 7.11 Å². The predicted molar refractivity (Wildman–Crippen MR) is 69.5 cm³/mol. The largest absolute Gasteiger partial charge is 0.466 e. The zero-order valence-corrected chi connectivity index (χ0v) is 11.6. The highest BCUT2D eigenvalue weighted by Gasteiger charge is 2.40. The molecule has 0 spiro atoms. The topological polar surface area (TPSA) is 47.6 Å². The summed E-state index contributed by atoms with van der Waals surface area (Å²) in [6.07, 6.45) is 3.75. The quantitative estimate of drug-likeness (QED) is 0.587. The van der Waals surface area contributed by atoms with Gasteiger partial charge >= 0.3 is 5.97 Å². The van der Waals surface area contributed by atoms with E-state index in [0.717, 1.165) is 38.8 Å². The highest BCUT2D eigenvalue weighted by Crippen LogP contribution is 2.33. The molecular weight excluding hydrogens is 242 g/mol. The molecule has 1 atom stereocenters. The first kappa shape index (κ1) is 16.7. The van der Waals surface area contributed by atoms with Crippen LogP contribution in [0.1, 0.15) is 32.6 Å². The molecule has 0 aromatic heterocycles. The SMILES string of the molecule is CCOC(=O)C1(CCCOC)CCCNC1.Cl. The second kappa shape index (κ2) is 8.72. The van der Waals surface area contributed by atoms with Gasteiger partial charge in [0.15, 0.2) is 0 Å². The monoisotopic (exact) mass is 265 g/mol. The lowest BCUT2D eigenvalue weighted by atomic mass is 9.77. The summed E-state index contributed by atoms with van der Waals surface area (Å²) in [5.41, 5.74) is -0.313. The Morgan fingerprint density at radius 1 is 1.47 bits per heavy atom. The number of ether oxygens (including phenoxy) is 2. The summed E-state index contributed by atoms with van der Waals surface area (Å²) in [6.45, 7) is 4.78. The Morgan fingerprint density at radius 2 is 2.24 bits per heavy atom. The number of rotatable bonds is 6. The van der Waals surface area contributed by atoms with Gasteiger partial charge in [-0.2, -0.15) is 0 Å². The minimum Gasteiger partial charge on any atom is -0.466 e. The maximum atomic E-state index is 12.0. The number of carbonyl (C=O) groups excluding carboxylic acids is 1. The van der Waals surface area contributed by atoms with Crippen molar-refractivity contribution in [3.05, 3.63) is 0 Å². The molecule has 0 aliphatic carbocycles. The Balaban J connectivity index is 0.00000256. The van der Waals surface area contributed by atoms with Gasteiger partial charge in [0.1, 0.15) is 0 Å². The number of hydrogen-bond donors (Lipinski definition) is 1. The average Bonchev–Trinajstić information content (AvgIpc) is 2.31. The standard InChI is InChI=1S/C12H23NO3.ClH/c1-3-16-11(14)12(7-5-9-15-2)6-4-8-13-10-12;/h13H,3-10H2,1-2H3;1H. The summed E-state index contributed by atoms with van der Waals surface area (Å²) >= 11 is 0. The smallest absolute Gasteiger partial charge is 0.313 e. The summed E-state index contributed by atoms with van der Waals surface area (Å²) < 4.78 is 10.2. The van der Waals surface area contributed by atoms with Gasteiger partial charge in [-0.1, -0.05) is 0 Å². The van der Waals surface area contributed by atoms with Gasteiger partial charge in [0, 0.05) is 20.3 Å². The average molecular weight is 266 g/mol. The molecular formula is C12H24ClNO3. The van der Waals surface area contributed by atoms with Crippen molar-refractivity contribution in [2.75, 3.05) is 33.4 Å². The van der Waals surface area contributed by atoms with Gasteiger partial charge in [-0.25, -0.2) is 0 Å². The zero-order chi connectivity index (χ0) is 11.9. The number of nitrogens with one attached hydrogen (secondary N) is 1. The van der Waals surface area contributed by atoms with Crippen molar-refractivity contribution in [3.8, 4) is 0 Å². The van der Waals surface area contributed by atoms with Crippen LogP contribution in [0.4, 0.5) is 0 Å². The van der Waals surface area contributed by atoms with Crippen LogP contribution in [0.2, 0.25) is 0 Å². The predicted octanol–water partition coefficient (Wildman–Crippen LogP) is 1.77. The minimum atomic E-state index is -0.313. The number of hydrogen-bond acceptors (Lipinski definition) is 4. The van der Waals surface area contributed by atoms with E-state index in [2.05, 4.69) is 5.32 Å². The van der Waals surface area contributed by atoms with Crippen molar-refractivity contribution >= 4 is 18.4 Å². The third-order valence-corrected chi connectivity index (χ3v) is 3.18. The van der Waals surface area contributed by atoms with Crippen LogP contribution in [0.25, 0.3) is 0 Å². The van der Waals surface area contributed by atoms with Crippen molar-refractivity contribution in [2.24, 2.45) is 5.41 Å². The molecule has 0 saturated carbocycles. The molecule has 0 aromatic carbocycles. The number of piperidine rings is 1. The first-order valence-electron chi connectivity index (χ1n) is 6.12. The first-order valence-corrected chi connectivity index (χ1v) is 6.12. The molecule has 1 unspecified atom stereocenters. The van der Waals surface area contributed by atoms with Crippen molar-refractivity contribution in [1.82, 2.24) is 5.32 Å². The Morgan fingerprint density at radius 3 is 2.76 bits per heavy atom. The van der Waals surface area contributed by atoms with Gasteiger partial charge in [0.25, 0.3) is 0 Å². The van der Waals surface area contributed by atoms with E-state index >= 15 is 0 Å². The molecule has 0 bridgehead atoms. The summed E-state index contributed by atoms with van der Waals surface area (Å²) in [4.78, 5) is 12.0. The van der Waals surface area contributed by atoms with Crippen LogP contribution in [-0.2, 0) is 14.3 Å². The zero-order valence-electron chi connectivity index (χ0n) is 10.8. The van der Waals surface area contributed by atoms with Crippen molar-refractivity contribution in [1.29, 1.82) is 0 Å². The van der Waals surface area contributed by atoms with Crippen LogP contribution < -0.4 is 5.32 Å². The second-order valence-electron chi connectivity index (χ2n) is 4.38. The fourth-order valence-corrected chi connectivity index (χ4v) is 2.30. The third kappa shape index (κ3) is 4.82. The summed E-state index contributed by atoms with van der Waals surface area (Å²) in [6, 6.07) is 0. The normalized spacial score (nSPS) is 23.9. The van der Waals surface area contributed by atoms with E-state index in [-0.39, 0.29) is 23.8 Å². The van der Waals surface area contributed by atoms with E-state index in [0.29, 0.717) is 13.2 Å². The molecule has 1 aliphatic heterocycles. The van der Waals surface area contributed by atoms with E-state index < -0.39 is 0 Å². The van der Waals surface area contributed by atoms with E-state index in [1.807, 2.05) is 6.92 Å². The molecule has 1 aliphatic rings. The Hall–Kier alpha value is -0.320. The van der Waals surface area contributed by atoms with E-state index in [1.165, 1.54) is 0 Å². The first-order chi connectivity index (χ1) is 7.75. The molecule has 17 heavy (non-hydrogen) atoms. The van der Waals surface area contributed by atoms with Gasteiger partial charge in [0.05, 0.1) is 12.0 Å². The number of esters is 1. The molecule has 1 heterocycles. The van der Waals surface area contributed by atoms with Gasteiger partial charge in [-0.3, -0.25) is 4.79 Å². The lowest BCUT2D eigenvalue weighted by molar-refractivity contribution is -0.157. The fraction of sp³-hybridized carbons (Fsp3) is 0.917. The van der Waals surface area contributed by atoms with Crippen LogP contribution in [0.15, 0.2) is 0 Å². The molecule has 1 N–H and O–H groups in total. The van der Waals surface area contributed by atoms with Crippen molar-refractivity contribution in [3.63, 3.8) is 0 Å². The molecule has 1 saturated heterocycles. The van der Waals surface area contributed by atoms with Gasteiger partial charge < -0.3 is 14.8 Å². The second-order valence-corrected chi connectivity index (χ2v) is 4.38. The number of methoxy groups -OCH3 is 1. The summed E-state index contributed by atoms with van der Waals surface area (Å²) in [5.74, 6) is -0.0432. The van der Waals surface area contributed by atoms with Crippen LogP contribution in [0.3, 0.4) is 0 Å². The molecule has 4 nitrogen and oxygen atoms in total. The summed E-state index contributed by atoms with van der Waals surface area (Å²) in [5, 5.41) is 3.30. The molecule has 0 radical (unpaired) electrons. The third-order valence-electron chi connectivity index (χ3n) is 3.18. The Labute approximate surface area is 110 Å². The van der Waals surface area contributed by atoms with E-state index in [9.17, 15) is 4.79 Å². The molecule has 102 valence electrons. The Kier molecular flexibility index (Phi) is 8.56. The van der Waals surface area contributed by atoms with Crippen molar-refractivity contribution < 1.29 is 14.3 Å². The van der Waals surface area contributed by atoms with Gasteiger partial charge in [-0.05, 0) is 39.2 Å². The van der Waals surface area contributed by atoms with E-state index in [4.69, 9.17) is 9.47 Å². The Bertz CT molecular complexity index is 218. The molecule has 1 rings (SSSR count). The fourth-order valence-electron chi connectivity index (χ4n) is 2.30. The number of halogens is 1. The van der Waals surface area contributed by atoms with Crippen LogP contribution >= 0.6 is 12.4 Å². The van der Waals surface area contributed by atoms with Crippen LogP contribution in [0.5, 0.6) is 0 Å². The minimum absolute atomic E-state index is 0. The van der Waals surface area contributed by atoms with Gasteiger partial charge in [-0.15, -0.1) is 12.4 Å². The molecule has 5 heteroatoms.